The number of fused-ring (bicyclic) bond motifs is 1. The molecule has 2 unspecified atom stereocenters. The molecule has 15 heavy (non-hydrogen) atoms. The lowest BCUT2D eigenvalue weighted by molar-refractivity contribution is 0.311. The van der Waals surface area contributed by atoms with Gasteiger partial charge in [-0.2, -0.15) is 0 Å². The van der Waals surface area contributed by atoms with Gasteiger partial charge in [-0.1, -0.05) is 37.9 Å². The molecule has 2 nitrogen and oxygen atoms in total. The van der Waals surface area contributed by atoms with Gasteiger partial charge >= 0.3 is 0 Å². The largest absolute Gasteiger partial charge is 0.362 e. The highest BCUT2D eigenvalue weighted by molar-refractivity contribution is 8.13. The van der Waals surface area contributed by atoms with Crippen molar-refractivity contribution in [2.75, 3.05) is 12.3 Å². The van der Waals surface area contributed by atoms with E-state index in [4.69, 9.17) is 0 Å². The zero-order valence-corrected chi connectivity index (χ0v) is 10.5. The highest BCUT2D eigenvalue weighted by Crippen LogP contribution is 2.31. The quantitative estimate of drug-likeness (QED) is 0.748. The van der Waals surface area contributed by atoms with Crippen molar-refractivity contribution in [3.8, 4) is 0 Å². The van der Waals surface area contributed by atoms with E-state index in [1.54, 1.807) is 0 Å². The van der Waals surface area contributed by atoms with Gasteiger partial charge in [0, 0.05) is 18.3 Å². The molecular weight excluding hydrogens is 204 g/mol. The minimum absolute atomic E-state index is 0.736. The van der Waals surface area contributed by atoms with E-state index in [0.717, 1.165) is 18.5 Å². The molecule has 0 bridgehead atoms. The summed E-state index contributed by atoms with van der Waals surface area (Å²) in [5.41, 5.74) is 0. The summed E-state index contributed by atoms with van der Waals surface area (Å²) in [6, 6.07) is 0.736. The monoisotopic (exact) mass is 226 g/mol. The minimum Gasteiger partial charge on any atom is -0.362 e. The maximum absolute atomic E-state index is 4.63. The van der Waals surface area contributed by atoms with Gasteiger partial charge in [0.2, 0.25) is 0 Å². The molecular formula is C12H22N2S. The zero-order chi connectivity index (χ0) is 10.5. The Kier molecular flexibility index (Phi) is 4.36. The van der Waals surface area contributed by atoms with Crippen LogP contribution in [0.15, 0.2) is 4.99 Å². The Bertz CT molecular complexity index is 228. The second-order valence-electron chi connectivity index (χ2n) is 4.65. The molecule has 0 aromatic rings. The van der Waals surface area contributed by atoms with Crippen LogP contribution in [0.1, 0.15) is 45.4 Å². The molecule has 2 atom stereocenters. The molecule has 0 aromatic carbocycles. The summed E-state index contributed by atoms with van der Waals surface area (Å²) >= 11 is 1.94. The lowest BCUT2D eigenvalue weighted by atomic mass is 9.86. The molecule has 1 heterocycles. The molecule has 1 aliphatic carbocycles. The number of unbranched alkanes of at least 4 members (excludes halogenated alkanes) is 1. The number of thioether (sulfide) groups is 1. The summed E-state index contributed by atoms with van der Waals surface area (Å²) in [7, 11) is 0. The number of amidine groups is 1. The molecule has 1 saturated heterocycles. The van der Waals surface area contributed by atoms with Crippen LogP contribution in [0.3, 0.4) is 0 Å². The fourth-order valence-corrected chi connectivity index (χ4v) is 3.60. The third kappa shape index (κ3) is 3.13. The van der Waals surface area contributed by atoms with Gasteiger partial charge in [0.15, 0.2) is 5.17 Å². The third-order valence-electron chi connectivity index (χ3n) is 3.42. The summed E-state index contributed by atoms with van der Waals surface area (Å²) in [5.74, 6) is 2.21. The molecule has 2 rings (SSSR count). The van der Waals surface area contributed by atoms with E-state index >= 15 is 0 Å². The predicted octanol–water partition coefficient (Wildman–Crippen LogP) is 3.04. The van der Waals surface area contributed by atoms with E-state index in [0.29, 0.717) is 0 Å². The first-order valence-electron chi connectivity index (χ1n) is 6.34. The summed E-state index contributed by atoms with van der Waals surface area (Å²) in [5, 5.41) is 4.84. The Balaban J connectivity index is 1.82. The number of nitrogens with one attached hydrogen (secondary N) is 1. The second kappa shape index (κ2) is 5.78. The molecule has 0 amide bonds. The van der Waals surface area contributed by atoms with E-state index in [2.05, 4.69) is 17.2 Å². The van der Waals surface area contributed by atoms with Gasteiger partial charge in [-0.3, -0.25) is 4.99 Å². The number of aliphatic imine (C=N–C) groups is 1. The normalized spacial score (nSPS) is 33.5. The van der Waals surface area contributed by atoms with Crippen molar-refractivity contribution >= 4 is 16.9 Å². The Labute approximate surface area is 97.3 Å². The predicted molar refractivity (Wildman–Crippen MR) is 68.5 cm³/mol. The average molecular weight is 226 g/mol. The van der Waals surface area contributed by atoms with Crippen molar-refractivity contribution in [1.29, 1.82) is 0 Å². The first-order chi connectivity index (χ1) is 7.40. The van der Waals surface area contributed by atoms with Crippen LogP contribution in [-0.2, 0) is 0 Å². The molecule has 1 saturated carbocycles. The van der Waals surface area contributed by atoms with Gasteiger partial charge in [-0.15, -0.1) is 0 Å². The molecule has 0 aromatic heterocycles. The average Bonchev–Trinajstić information content (AvgIpc) is 2.29. The van der Waals surface area contributed by atoms with Crippen molar-refractivity contribution in [1.82, 2.24) is 5.32 Å². The highest BCUT2D eigenvalue weighted by Gasteiger charge is 2.29. The first-order valence-corrected chi connectivity index (χ1v) is 7.32. The van der Waals surface area contributed by atoms with Crippen molar-refractivity contribution in [2.45, 2.75) is 51.5 Å². The van der Waals surface area contributed by atoms with Crippen molar-refractivity contribution in [3.05, 3.63) is 0 Å². The van der Waals surface area contributed by atoms with Gasteiger partial charge in [-0.25, -0.2) is 0 Å². The smallest absolute Gasteiger partial charge is 0.156 e. The van der Waals surface area contributed by atoms with E-state index in [-0.39, 0.29) is 0 Å². The summed E-state index contributed by atoms with van der Waals surface area (Å²) in [4.78, 5) is 4.63. The van der Waals surface area contributed by atoms with E-state index in [1.165, 1.54) is 49.4 Å². The first kappa shape index (κ1) is 11.3. The zero-order valence-electron chi connectivity index (χ0n) is 9.67. The summed E-state index contributed by atoms with van der Waals surface area (Å²) in [6.07, 6.45) is 8.09. The Hall–Kier alpha value is -0.180. The molecule has 0 spiro atoms. The van der Waals surface area contributed by atoms with Crippen molar-refractivity contribution in [2.24, 2.45) is 10.9 Å². The van der Waals surface area contributed by atoms with Crippen molar-refractivity contribution < 1.29 is 0 Å². The van der Waals surface area contributed by atoms with Crippen LogP contribution in [0, 0.1) is 5.92 Å². The van der Waals surface area contributed by atoms with Gasteiger partial charge < -0.3 is 5.32 Å². The van der Waals surface area contributed by atoms with Crippen LogP contribution in [-0.4, -0.2) is 23.5 Å². The standard InChI is InChI=1S/C12H22N2S/c1-2-3-8-13-12-14-11-7-5-4-6-10(11)9-15-12/h10-11H,2-9H2,1H3,(H,13,14). The van der Waals surface area contributed by atoms with E-state index in [1.807, 2.05) is 11.8 Å². The third-order valence-corrected chi connectivity index (χ3v) is 4.53. The molecule has 2 aliphatic rings. The molecule has 1 N–H and O–H groups in total. The van der Waals surface area contributed by atoms with E-state index in [9.17, 15) is 0 Å². The van der Waals surface area contributed by atoms with E-state index < -0.39 is 0 Å². The topological polar surface area (TPSA) is 24.4 Å². The van der Waals surface area contributed by atoms with Gasteiger partial charge in [0.1, 0.15) is 0 Å². The number of hydrogen-bond acceptors (Lipinski definition) is 2. The number of rotatable bonds is 3. The van der Waals surface area contributed by atoms with Crippen LogP contribution in [0.4, 0.5) is 0 Å². The minimum atomic E-state index is 0.736. The Morgan fingerprint density at radius 3 is 3.13 bits per heavy atom. The maximum Gasteiger partial charge on any atom is 0.156 e. The lowest BCUT2D eigenvalue weighted by Gasteiger charge is -2.36. The van der Waals surface area contributed by atoms with Gasteiger partial charge in [0.25, 0.3) is 0 Å². The molecule has 3 heteroatoms. The molecule has 1 aliphatic heterocycles. The highest BCUT2D eigenvalue weighted by atomic mass is 32.2. The molecule has 86 valence electrons. The van der Waals surface area contributed by atoms with Crippen LogP contribution in [0.2, 0.25) is 0 Å². The lowest BCUT2D eigenvalue weighted by Crippen LogP contribution is -2.46. The summed E-state index contributed by atoms with van der Waals surface area (Å²) < 4.78 is 0. The Morgan fingerprint density at radius 1 is 1.40 bits per heavy atom. The van der Waals surface area contributed by atoms with Crippen LogP contribution >= 0.6 is 11.8 Å². The second-order valence-corrected chi connectivity index (χ2v) is 5.66. The van der Waals surface area contributed by atoms with Crippen LogP contribution in [0.25, 0.3) is 0 Å². The van der Waals surface area contributed by atoms with Crippen molar-refractivity contribution in [3.63, 3.8) is 0 Å². The fourth-order valence-electron chi connectivity index (χ4n) is 2.41. The SMILES string of the molecule is CCCCN=C1NC2CCCCC2CS1. The number of nitrogens with zero attached hydrogens (tertiary/aromatic N) is 1. The van der Waals surface area contributed by atoms with Crippen LogP contribution in [0.5, 0.6) is 0 Å². The molecule has 2 fully saturated rings. The summed E-state index contributed by atoms with van der Waals surface area (Å²) in [6.45, 7) is 3.22. The Morgan fingerprint density at radius 2 is 2.27 bits per heavy atom. The maximum atomic E-state index is 4.63. The van der Waals surface area contributed by atoms with Crippen LogP contribution < -0.4 is 5.32 Å². The molecule has 0 radical (unpaired) electrons. The van der Waals surface area contributed by atoms with Gasteiger partial charge in [-0.05, 0) is 25.2 Å². The fraction of sp³-hybridized carbons (Fsp3) is 0.917. The number of hydrogen-bond donors (Lipinski definition) is 1. The van der Waals surface area contributed by atoms with Gasteiger partial charge in [0.05, 0.1) is 0 Å².